The smallest absolute Gasteiger partial charge is 0.335 e. The molecule has 2 N–H and O–H groups in total. The predicted octanol–water partition coefficient (Wildman–Crippen LogP) is 1.64. The van der Waals surface area contributed by atoms with Gasteiger partial charge < -0.3 is 20.1 Å². The highest BCUT2D eigenvalue weighted by molar-refractivity contribution is 5.91. The van der Waals surface area contributed by atoms with Crippen molar-refractivity contribution >= 4 is 17.7 Å². The third-order valence-corrected chi connectivity index (χ3v) is 2.91. The van der Waals surface area contributed by atoms with Gasteiger partial charge in [-0.2, -0.15) is 0 Å². The van der Waals surface area contributed by atoms with Crippen LogP contribution in [0.5, 0.6) is 0 Å². The Labute approximate surface area is 111 Å². The van der Waals surface area contributed by atoms with E-state index >= 15 is 0 Å². The van der Waals surface area contributed by atoms with Crippen molar-refractivity contribution in [2.24, 2.45) is 0 Å². The first-order valence-electron chi connectivity index (χ1n) is 6.07. The number of morpholine rings is 1. The van der Waals surface area contributed by atoms with E-state index in [1.165, 1.54) is 12.1 Å². The highest BCUT2D eigenvalue weighted by Crippen LogP contribution is 2.12. The Kier molecular flexibility index (Phi) is 4.01. The van der Waals surface area contributed by atoms with Crippen LogP contribution in [0.3, 0.4) is 0 Å². The van der Waals surface area contributed by atoms with Gasteiger partial charge in [0.15, 0.2) is 0 Å². The SMILES string of the molecule is CC1CN(C(=O)Nc2ccc(C(=O)O)cc2)CCO1. The summed E-state index contributed by atoms with van der Waals surface area (Å²) >= 11 is 0. The minimum absolute atomic E-state index is 0.0360. The molecule has 0 saturated carbocycles. The first kappa shape index (κ1) is 13.4. The van der Waals surface area contributed by atoms with E-state index in [0.717, 1.165) is 0 Å². The average Bonchev–Trinajstić information content (AvgIpc) is 2.39. The van der Waals surface area contributed by atoms with E-state index in [2.05, 4.69) is 5.32 Å². The molecular formula is C13H16N2O4. The molecule has 102 valence electrons. The summed E-state index contributed by atoms with van der Waals surface area (Å²) in [5.74, 6) is -0.986. The van der Waals surface area contributed by atoms with Crippen LogP contribution in [0.15, 0.2) is 24.3 Å². The van der Waals surface area contributed by atoms with Crippen molar-refractivity contribution in [3.63, 3.8) is 0 Å². The van der Waals surface area contributed by atoms with Gasteiger partial charge in [0.05, 0.1) is 18.3 Å². The lowest BCUT2D eigenvalue weighted by atomic mass is 10.2. The molecule has 0 aliphatic carbocycles. The lowest BCUT2D eigenvalue weighted by molar-refractivity contribution is -0.00138. The molecule has 1 aromatic rings. The van der Waals surface area contributed by atoms with Crippen LogP contribution in [-0.4, -0.2) is 47.8 Å². The number of amides is 2. The molecule has 1 aromatic carbocycles. The van der Waals surface area contributed by atoms with Crippen LogP contribution in [0.1, 0.15) is 17.3 Å². The highest BCUT2D eigenvalue weighted by Gasteiger charge is 2.21. The molecule has 1 fully saturated rings. The van der Waals surface area contributed by atoms with Crippen molar-refractivity contribution < 1.29 is 19.4 Å². The number of nitrogens with one attached hydrogen (secondary N) is 1. The van der Waals surface area contributed by atoms with Crippen molar-refractivity contribution in [1.29, 1.82) is 0 Å². The van der Waals surface area contributed by atoms with Crippen molar-refractivity contribution in [3.05, 3.63) is 29.8 Å². The number of benzene rings is 1. The summed E-state index contributed by atoms with van der Waals surface area (Å²) in [4.78, 5) is 24.4. The van der Waals surface area contributed by atoms with Crippen LogP contribution < -0.4 is 5.32 Å². The van der Waals surface area contributed by atoms with Crippen LogP contribution in [0, 0.1) is 0 Å². The van der Waals surface area contributed by atoms with Crippen LogP contribution in [0.25, 0.3) is 0 Å². The Hall–Kier alpha value is -2.08. The number of carbonyl (C=O) groups excluding carboxylic acids is 1. The van der Waals surface area contributed by atoms with Crippen molar-refractivity contribution in [2.75, 3.05) is 25.0 Å². The molecule has 19 heavy (non-hydrogen) atoms. The van der Waals surface area contributed by atoms with Gasteiger partial charge in [0, 0.05) is 18.8 Å². The Morgan fingerprint density at radius 1 is 1.37 bits per heavy atom. The van der Waals surface area contributed by atoms with Crippen molar-refractivity contribution in [2.45, 2.75) is 13.0 Å². The van der Waals surface area contributed by atoms with Gasteiger partial charge in [-0.3, -0.25) is 0 Å². The molecule has 1 saturated heterocycles. The number of aromatic carboxylic acids is 1. The number of ether oxygens (including phenoxy) is 1. The first-order valence-corrected chi connectivity index (χ1v) is 6.07. The summed E-state index contributed by atoms with van der Waals surface area (Å²) in [5, 5.41) is 11.5. The van der Waals surface area contributed by atoms with Crippen molar-refractivity contribution in [1.82, 2.24) is 4.90 Å². The molecule has 1 heterocycles. The number of nitrogens with zero attached hydrogens (tertiary/aromatic N) is 1. The minimum Gasteiger partial charge on any atom is -0.478 e. The zero-order valence-corrected chi connectivity index (χ0v) is 10.6. The molecule has 6 heteroatoms. The summed E-state index contributed by atoms with van der Waals surface area (Å²) in [5.41, 5.74) is 0.770. The minimum atomic E-state index is -0.986. The van der Waals surface area contributed by atoms with Crippen LogP contribution in [0.4, 0.5) is 10.5 Å². The second-order valence-corrected chi connectivity index (χ2v) is 4.44. The summed E-state index contributed by atoms with van der Waals surface area (Å²) in [6, 6.07) is 5.87. The Bertz CT molecular complexity index is 472. The van der Waals surface area contributed by atoms with Gasteiger partial charge in [-0.15, -0.1) is 0 Å². The maximum Gasteiger partial charge on any atom is 0.335 e. The Balaban J connectivity index is 1.96. The highest BCUT2D eigenvalue weighted by atomic mass is 16.5. The first-order chi connectivity index (χ1) is 9.06. The van der Waals surface area contributed by atoms with E-state index in [9.17, 15) is 9.59 Å². The maximum absolute atomic E-state index is 12.0. The summed E-state index contributed by atoms with van der Waals surface area (Å²) in [7, 11) is 0. The van der Waals surface area contributed by atoms with Gasteiger partial charge in [-0.1, -0.05) is 0 Å². The molecular weight excluding hydrogens is 248 g/mol. The fourth-order valence-corrected chi connectivity index (χ4v) is 1.90. The zero-order chi connectivity index (χ0) is 13.8. The standard InChI is InChI=1S/C13H16N2O4/c1-9-8-15(6-7-19-9)13(18)14-11-4-2-10(3-5-11)12(16)17/h2-5,9H,6-8H2,1H3,(H,14,18)(H,16,17). The van der Waals surface area contributed by atoms with E-state index in [0.29, 0.717) is 25.4 Å². The second-order valence-electron chi connectivity index (χ2n) is 4.44. The molecule has 0 radical (unpaired) electrons. The number of carboxylic acid groups (broad SMARTS) is 1. The third kappa shape index (κ3) is 3.45. The van der Waals surface area contributed by atoms with Crippen molar-refractivity contribution in [3.8, 4) is 0 Å². The molecule has 2 amide bonds. The monoisotopic (exact) mass is 264 g/mol. The molecule has 0 spiro atoms. The molecule has 1 aliphatic rings. The average molecular weight is 264 g/mol. The molecule has 1 aliphatic heterocycles. The molecule has 1 unspecified atom stereocenters. The number of urea groups is 1. The number of carbonyl (C=O) groups is 2. The fraction of sp³-hybridized carbons (Fsp3) is 0.385. The second kappa shape index (κ2) is 5.71. The van der Waals surface area contributed by atoms with E-state index in [-0.39, 0.29) is 17.7 Å². The number of hydrogen-bond acceptors (Lipinski definition) is 3. The summed E-state index contributed by atoms with van der Waals surface area (Å²) in [6.07, 6.45) is 0.0360. The van der Waals surface area contributed by atoms with E-state index in [1.54, 1.807) is 17.0 Å². The fourth-order valence-electron chi connectivity index (χ4n) is 1.90. The topological polar surface area (TPSA) is 78.9 Å². The Morgan fingerprint density at radius 3 is 2.63 bits per heavy atom. The lowest BCUT2D eigenvalue weighted by Crippen LogP contribution is -2.46. The lowest BCUT2D eigenvalue weighted by Gasteiger charge is -2.31. The van der Waals surface area contributed by atoms with Gasteiger partial charge >= 0.3 is 12.0 Å². The summed E-state index contributed by atoms with van der Waals surface area (Å²) < 4.78 is 5.36. The van der Waals surface area contributed by atoms with Gasteiger partial charge in [0.2, 0.25) is 0 Å². The molecule has 1 atom stereocenters. The number of carboxylic acids is 1. The van der Waals surface area contributed by atoms with E-state index in [1.807, 2.05) is 6.92 Å². The quantitative estimate of drug-likeness (QED) is 0.851. The normalized spacial score (nSPS) is 19.0. The van der Waals surface area contributed by atoms with E-state index < -0.39 is 5.97 Å². The van der Waals surface area contributed by atoms with Crippen LogP contribution in [-0.2, 0) is 4.74 Å². The largest absolute Gasteiger partial charge is 0.478 e. The van der Waals surface area contributed by atoms with Gasteiger partial charge in [-0.05, 0) is 31.2 Å². The molecule has 0 bridgehead atoms. The zero-order valence-electron chi connectivity index (χ0n) is 10.6. The number of anilines is 1. The Morgan fingerprint density at radius 2 is 2.05 bits per heavy atom. The number of hydrogen-bond donors (Lipinski definition) is 2. The third-order valence-electron chi connectivity index (χ3n) is 2.91. The van der Waals surface area contributed by atoms with Gasteiger partial charge in [0.25, 0.3) is 0 Å². The van der Waals surface area contributed by atoms with Gasteiger partial charge in [0.1, 0.15) is 0 Å². The van der Waals surface area contributed by atoms with Crippen LogP contribution >= 0.6 is 0 Å². The number of rotatable bonds is 2. The molecule has 2 rings (SSSR count). The molecule has 6 nitrogen and oxygen atoms in total. The summed E-state index contributed by atoms with van der Waals surface area (Å²) in [6.45, 7) is 3.57. The van der Waals surface area contributed by atoms with Crippen LogP contribution in [0.2, 0.25) is 0 Å². The maximum atomic E-state index is 12.0. The predicted molar refractivity (Wildman–Crippen MR) is 69.4 cm³/mol. The van der Waals surface area contributed by atoms with Gasteiger partial charge in [-0.25, -0.2) is 9.59 Å². The van der Waals surface area contributed by atoms with E-state index in [4.69, 9.17) is 9.84 Å². The molecule has 0 aromatic heterocycles.